The molecule has 5 aromatic rings. The maximum atomic E-state index is 16.4. The summed E-state index contributed by atoms with van der Waals surface area (Å²) in [6.45, 7) is 8.55. The summed E-state index contributed by atoms with van der Waals surface area (Å²) in [5.41, 5.74) is 6.97. The number of rotatable bonds is 12. The Balaban J connectivity index is 1.02. The van der Waals surface area contributed by atoms with Crippen LogP contribution in [0.3, 0.4) is 0 Å². The Morgan fingerprint density at radius 3 is 1.85 bits per heavy atom. The van der Waals surface area contributed by atoms with E-state index in [-0.39, 0.29) is 59.6 Å². The fourth-order valence-electron chi connectivity index (χ4n) is 11.4. The van der Waals surface area contributed by atoms with E-state index in [2.05, 4.69) is 55.8 Å². The Kier molecular flexibility index (Phi) is 13.2. The minimum Gasteiger partial charge on any atom is -0.465 e. The lowest BCUT2D eigenvalue weighted by Gasteiger charge is -2.34. The first kappa shape index (κ1) is 45.9. The Hall–Kier alpha value is -6.19. The number of alkyl carbamates (subject to hydrolysis) is 1. The first-order chi connectivity index (χ1) is 32.3. The predicted octanol–water partition coefficient (Wildman–Crippen LogP) is 9.71. The van der Waals surface area contributed by atoms with E-state index < -0.39 is 24.3 Å². The molecule has 356 valence electrons. The number of hydrogen-bond donors (Lipinski definition) is 5. The topological polar surface area (TPSA) is 189 Å². The van der Waals surface area contributed by atoms with Gasteiger partial charge in [0.1, 0.15) is 29.5 Å². The van der Waals surface area contributed by atoms with Crippen molar-refractivity contribution in [2.75, 3.05) is 25.1 Å². The van der Waals surface area contributed by atoms with Crippen molar-refractivity contribution in [3.05, 3.63) is 88.8 Å². The number of methoxy groups -OCH3 is 1. The van der Waals surface area contributed by atoms with Crippen LogP contribution in [0, 0.1) is 17.7 Å². The van der Waals surface area contributed by atoms with Gasteiger partial charge in [-0.05, 0) is 122 Å². The van der Waals surface area contributed by atoms with Crippen LogP contribution in [0.15, 0.2) is 54.6 Å². The van der Waals surface area contributed by atoms with E-state index in [0.717, 1.165) is 102 Å². The van der Waals surface area contributed by atoms with Gasteiger partial charge in [-0.25, -0.2) is 23.9 Å². The molecule has 1 saturated carbocycles. The number of nitrogens with one attached hydrogen (secondary N) is 4. The average Bonchev–Trinajstić information content (AvgIpc) is 4.18. The highest BCUT2D eigenvalue weighted by Gasteiger charge is 2.41. The zero-order chi connectivity index (χ0) is 47.1. The van der Waals surface area contributed by atoms with E-state index in [9.17, 15) is 24.3 Å². The van der Waals surface area contributed by atoms with Crippen LogP contribution in [0.5, 0.6) is 0 Å². The van der Waals surface area contributed by atoms with Crippen molar-refractivity contribution >= 4 is 51.8 Å². The van der Waals surface area contributed by atoms with Gasteiger partial charge in [0.2, 0.25) is 11.8 Å². The quantitative estimate of drug-likeness (QED) is 0.0812. The van der Waals surface area contributed by atoms with Crippen LogP contribution >= 0.6 is 0 Å². The maximum absolute atomic E-state index is 16.4. The van der Waals surface area contributed by atoms with E-state index in [1.807, 2.05) is 50.8 Å². The molecule has 4 aliphatic rings. The van der Waals surface area contributed by atoms with Gasteiger partial charge in [0, 0.05) is 18.8 Å². The number of likely N-dealkylation sites (tertiary alicyclic amines) is 2. The minimum atomic E-state index is -1.23. The third kappa shape index (κ3) is 9.15. The van der Waals surface area contributed by atoms with Crippen LogP contribution in [0.2, 0.25) is 0 Å². The van der Waals surface area contributed by atoms with Gasteiger partial charge in [-0.2, -0.15) is 0 Å². The summed E-state index contributed by atoms with van der Waals surface area (Å²) in [6, 6.07) is 16.0. The van der Waals surface area contributed by atoms with Gasteiger partial charge >= 0.3 is 12.2 Å². The van der Waals surface area contributed by atoms with Gasteiger partial charge in [-0.15, -0.1) is 0 Å². The van der Waals surface area contributed by atoms with Crippen molar-refractivity contribution in [2.45, 2.75) is 140 Å². The van der Waals surface area contributed by atoms with Crippen LogP contribution in [-0.2, 0) is 14.3 Å². The van der Waals surface area contributed by atoms with E-state index >= 15 is 4.39 Å². The molecule has 0 radical (unpaired) electrons. The molecule has 0 spiro atoms. The normalized spacial score (nSPS) is 22.3. The smallest absolute Gasteiger partial charge is 0.407 e. The number of hydrogen-bond acceptors (Lipinski definition) is 8. The summed E-state index contributed by atoms with van der Waals surface area (Å²) in [6.07, 6.45) is 8.23. The number of H-pyrrole nitrogens is 2. The molecule has 67 heavy (non-hydrogen) atoms. The number of imidazole rings is 2. The van der Waals surface area contributed by atoms with Crippen LogP contribution in [0.1, 0.15) is 157 Å². The average molecular weight is 918 g/mol. The number of fused-ring (bicyclic) bond motifs is 2. The summed E-state index contributed by atoms with van der Waals surface area (Å²) in [5, 5.41) is 14.6. The fraction of sp³-hybridized carbons (Fsp3) is 0.529. The number of carbonyl (C=O) groups is 4. The zero-order valence-electron chi connectivity index (χ0n) is 39.2. The lowest BCUT2D eigenvalue weighted by molar-refractivity contribution is -0.136. The van der Waals surface area contributed by atoms with E-state index in [1.165, 1.54) is 13.5 Å². The van der Waals surface area contributed by atoms with Crippen molar-refractivity contribution in [3.8, 4) is 0 Å². The third-order valence-corrected chi connectivity index (χ3v) is 14.8. The van der Waals surface area contributed by atoms with Gasteiger partial charge in [0.25, 0.3) is 0 Å². The highest BCUT2D eigenvalue weighted by atomic mass is 19.1. The third-order valence-electron chi connectivity index (χ3n) is 14.8. The maximum Gasteiger partial charge on any atom is 0.407 e. The number of amides is 4. The van der Waals surface area contributed by atoms with Crippen molar-refractivity contribution in [1.82, 2.24) is 40.4 Å². The molecule has 0 unspecified atom stereocenters. The van der Waals surface area contributed by atoms with Gasteiger partial charge < -0.3 is 45.1 Å². The van der Waals surface area contributed by atoms with E-state index in [0.29, 0.717) is 31.2 Å². The number of nitrogens with zero attached hydrogens (tertiary/aromatic N) is 5. The monoisotopic (exact) mass is 917 g/mol. The Bertz CT molecular complexity index is 2640. The van der Waals surface area contributed by atoms with Gasteiger partial charge in [0.15, 0.2) is 0 Å². The van der Waals surface area contributed by atoms with Gasteiger partial charge in [0.05, 0.1) is 53.3 Å². The zero-order valence-corrected chi connectivity index (χ0v) is 39.2. The predicted molar refractivity (Wildman–Crippen MR) is 253 cm³/mol. The second kappa shape index (κ2) is 19.2. The molecule has 16 heteroatoms. The Morgan fingerprint density at radius 1 is 0.672 bits per heavy atom. The van der Waals surface area contributed by atoms with Crippen molar-refractivity contribution in [1.29, 1.82) is 0 Å². The largest absolute Gasteiger partial charge is 0.465 e. The van der Waals surface area contributed by atoms with Gasteiger partial charge in [-0.1, -0.05) is 65.2 Å². The second-order valence-electron chi connectivity index (χ2n) is 19.8. The molecule has 6 atom stereocenters. The molecule has 0 bridgehead atoms. The number of aromatic nitrogens is 4. The molecule has 4 amide bonds. The van der Waals surface area contributed by atoms with Crippen molar-refractivity contribution < 1.29 is 33.4 Å². The number of aromatic amines is 2. The van der Waals surface area contributed by atoms with Crippen LogP contribution in [-0.4, -0.2) is 91.1 Å². The standard InChI is InChI=1S/C51H64FN9O6/c1-28(2)44(57-50(64)65)48(62)59-23-9-13-42(59)46-53-36-19-15-31(25-38(36)55-46)40-21-22-41(61(40)33-17-18-34(35(52)27-33)30-11-7-6-8-12-30)32-16-20-37-39(26-32)56-47(54-37)43-14-10-24-60(43)49(63)45(29(3)4)58-51(66)67-5/h15-20,25-30,40-45,57H,6-14,21-24H2,1-5H3,(H,53,55)(H,54,56)(H,58,66)(H,64,65)/t40-,41-,42+,43+,44+,45+/m1/s1. The van der Waals surface area contributed by atoms with E-state index in [4.69, 9.17) is 14.7 Å². The van der Waals surface area contributed by atoms with Crippen molar-refractivity contribution in [3.63, 3.8) is 0 Å². The lowest BCUT2D eigenvalue weighted by Crippen LogP contribution is -2.51. The first-order valence-electron chi connectivity index (χ1n) is 24.3. The number of ether oxygens (including phenoxy) is 1. The molecule has 3 saturated heterocycles. The lowest BCUT2D eigenvalue weighted by atomic mass is 9.84. The van der Waals surface area contributed by atoms with Gasteiger partial charge in [-0.3, -0.25) is 9.59 Å². The molecule has 5 N–H and O–H groups in total. The van der Waals surface area contributed by atoms with E-state index in [1.54, 1.807) is 11.0 Å². The summed E-state index contributed by atoms with van der Waals surface area (Å²) in [7, 11) is 1.29. The summed E-state index contributed by atoms with van der Waals surface area (Å²) in [5.74, 6) is 0.655. The fourth-order valence-corrected chi connectivity index (χ4v) is 11.4. The number of halogens is 1. The molecular weight excluding hydrogens is 854 g/mol. The summed E-state index contributed by atoms with van der Waals surface area (Å²) in [4.78, 5) is 74.5. The second-order valence-corrected chi connectivity index (χ2v) is 19.8. The highest BCUT2D eigenvalue weighted by Crippen LogP contribution is 2.49. The SMILES string of the molecule is COC(=O)N[C@H](C(=O)N1CCC[C@H]1c1nc2ccc([C@H]3CC[C@H](c4ccc5[nH]c([C@@H]6CCCN6C(=O)[C@@H](NC(=O)O)C(C)C)nc5c4)N3c3ccc(C4CCCCC4)c(F)c3)cc2[nH]1)C(C)C. The number of benzene rings is 3. The molecule has 4 fully saturated rings. The first-order valence-corrected chi connectivity index (χ1v) is 24.3. The molecule has 15 nitrogen and oxygen atoms in total. The highest BCUT2D eigenvalue weighted by molar-refractivity contribution is 5.87. The molecule has 9 rings (SSSR count). The Morgan fingerprint density at radius 2 is 1.25 bits per heavy atom. The molecule has 2 aromatic heterocycles. The number of carboxylic acid groups (broad SMARTS) is 1. The molecule has 1 aliphatic carbocycles. The molecular formula is C51H64FN9O6. The number of carbonyl (C=O) groups excluding carboxylic acids is 3. The van der Waals surface area contributed by atoms with Crippen LogP contribution < -0.4 is 15.5 Å². The summed E-state index contributed by atoms with van der Waals surface area (Å²) >= 11 is 0. The molecule has 3 aliphatic heterocycles. The molecule has 3 aromatic carbocycles. The van der Waals surface area contributed by atoms with Crippen LogP contribution in [0.4, 0.5) is 19.7 Å². The van der Waals surface area contributed by atoms with Crippen LogP contribution in [0.25, 0.3) is 22.1 Å². The number of anilines is 1. The summed E-state index contributed by atoms with van der Waals surface area (Å²) < 4.78 is 21.2. The van der Waals surface area contributed by atoms with Crippen molar-refractivity contribution in [2.24, 2.45) is 11.8 Å². The Labute approximate surface area is 390 Å². The minimum absolute atomic E-state index is 0.0985. The molecule has 5 heterocycles.